The summed E-state index contributed by atoms with van der Waals surface area (Å²) in [5, 5.41) is 17.8. The Labute approximate surface area is 117 Å². The first kappa shape index (κ1) is 16.4. The highest BCUT2D eigenvalue weighted by molar-refractivity contribution is 7.89. The molecule has 1 rings (SSSR count). The quantitative estimate of drug-likeness (QED) is 0.652. The fourth-order valence-corrected chi connectivity index (χ4v) is 3.07. The Morgan fingerprint density at radius 3 is 2.60 bits per heavy atom. The van der Waals surface area contributed by atoms with Crippen molar-refractivity contribution in [3.8, 4) is 5.75 Å². The first-order valence-electron chi connectivity index (χ1n) is 5.82. The van der Waals surface area contributed by atoms with Gasteiger partial charge in [0.25, 0.3) is 0 Å². The summed E-state index contributed by atoms with van der Waals surface area (Å²) < 4.78 is 31.5. The molecule has 0 aliphatic rings. The van der Waals surface area contributed by atoms with Gasteiger partial charge in [-0.25, -0.2) is 13.1 Å². The molecule has 1 aromatic carbocycles. The summed E-state index contributed by atoms with van der Waals surface area (Å²) in [6, 6.07) is 3.42. The minimum absolute atomic E-state index is 0.120. The van der Waals surface area contributed by atoms with Crippen molar-refractivity contribution in [1.29, 1.82) is 0 Å². The van der Waals surface area contributed by atoms with Crippen molar-refractivity contribution < 1.29 is 28.2 Å². The van der Waals surface area contributed by atoms with Crippen LogP contribution >= 0.6 is 0 Å². The van der Waals surface area contributed by atoms with E-state index in [9.17, 15) is 13.2 Å². The van der Waals surface area contributed by atoms with Gasteiger partial charge in [0, 0.05) is 6.04 Å². The van der Waals surface area contributed by atoms with E-state index in [2.05, 4.69) is 4.72 Å². The van der Waals surface area contributed by atoms with Crippen molar-refractivity contribution in [2.24, 2.45) is 0 Å². The van der Waals surface area contributed by atoms with Gasteiger partial charge in [-0.15, -0.1) is 0 Å². The second-order valence-corrected chi connectivity index (χ2v) is 5.93. The summed E-state index contributed by atoms with van der Waals surface area (Å²) in [6.07, 6.45) is -0.444. The molecule has 0 saturated heterocycles. The molecule has 8 heteroatoms. The highest BCUT2D eigenvalue weighted by Gasteiger charge is 2.22. The molecule has 20 heavy (non-hydrogen) atoms. The van der Waals surface area contributed by atoms with E-state index in [1.807, 2.05) is 0 Å². The van der Waals surface area contributed by atoms with Crippen LogP contribution in [0.4, 0.5) is 0 Å². The first-order valence-corrected chi connectivity index (χ1v) is 7.30. The molecule has 0 bridgehead atoms. The summed E-state index contributed by atoms with van der Waals surface area (Å²) in [4.78, 5) is 10.7. The van der Waals surface area contributed by atoms with E-state index < -0.39 is 28.5 Å². The van der Waals surface area contributed by atoms with Crippen LogP contribution < -0.4 is 9.46 Å². The lowest BCUT2D eigenvalue weighted by Crippen LogP contribution is -2.35. The standard InChI is InChI=1S/C12H17NO6S/c1-8(7-14)13-20(17,18)11-4-3-10(19-2)5-9(11)6-12(15)16/h3-5,8,13-14H,6-7H2,1-2H3,(H,15,16). The molecule has 0 amide bonds. The highest BCUT2D eigenvalue weighted by Crippen LogP contribution is 2.22. The molecule has 0 aromatic heterocycles. The van der Waals surface area contributed by atoms with E-state index >= 15 is 0 Å². The van der Waals surface area contributed by atoms with Gasteiger partial charge in [-0.1, -0.05) is 0 Å². The van der Waals surface area contributed by atoms with E-state index in [-0.39, 0.29) is 17.1 Å². The molecule has 0 heterocycles. The number of ether oxygens (including phenoxy) is 1. The van der Waals surface area contributed by atoms with Gasteiger partial charge >= 0.3 is 5.97 Å². The van der Waals surface area contributed by atoms with Gasteiger partial charge < -0.3 is 14.9 Å². The van der Waals surface area contributed by atoms with Crippen LogP contribution in [0.1, 0.15) is 12.5 Å². The zero-order chi connectivity index (χ0) is 15.3. The summed E-state index contributed by atoms with van der Waals surface area (Å²) in [6.45, 7) is 1.14. The number of carboxylic acid groups (broad SMARTS) is 1. The average Bonchev–Trinajstić information content (AvgIpc) is 2.36. The lowest BCUT2D eigenvalue weighted by atomic mass is 10.1. The van der Waals surface area contributed by atoms with Gasteiger partial charge in [0.15, 0.2) is 0 Å². The number of aliphatic carboxylic acids is 1. The molecule has 0 aliphatic heterocycles. The van der Waals surface area contributed by atoms with Crippen LogP contribution in [0.3, 0.4) is 0 Å². The minimum atomic E-state index is -3.90. The number of carboxylic acids is 1. The topological polar surface area (TPSA) is 113 Å². The highest BCUT2D eigenvalue weighted by atomic mass is 32.2. The fraction of sp³-hybridized carbons (Fsp3) is 0.417. The molecule has 0 radical (unpaired) electrons. The third kappa shape index (κ3) is 4.19. The van der Waals surface area contributed by atoms with E-state index in [0.29, 0.717) is 5.75 Å². The minimum Gasteiger partial charge on any atom is -0.497 e. The number of aliphatic hydroxyl groups is 1. The SMILES string of the molecule is COc1ccc(S(=O)(=O)NC(C)CO)c(CC(=O)O)c1. The van der Waals surface area contributed by atoms with Crippen LogP contribution in [0.5, 0.6) is 5.75 Å². The lowest BCUT2D eigenvalue weighted by molar-refractivity contribution is -0.136. The predicted molar refractivity (Wildman–Crippen MR) is 71.2 cm³/mol. The zero-order valence-electron chi connectivity index (χ0n) is 11.2. The number of hydrogen-bond acceptors (Lipinski definition) is 5. The summed E-state index contributed by atoms with van der Waals surface area (Å²) in [7, 11) is -2.50. The molecule has 7 nitrogen and oxygen atoms in total. The molecule has 0 saturated carbocycles. The van der Waals surface area contributed by atoms with Gasteiger partial charge in [-0.05, 0) is 30.7 Å². The molecule has 112 valence electrons. The van der Waals surface area contributed by atoms with Crippen molar-refractivity contribution in [2.75, 3.05) is 13.7 Å². The van der Waals surface area contributed by atoms with Crippen LogP contribution in [0.2, 0.25) is 0 Å². The molecule has 1 atom stereocenters. The Morgan fingerprint density at radius 1 is 1.45 bits per heavy atom. The number of hydrogen-bond donors (Lipinski definition) is 3. The number of carbonyl (C=O) groups is 1. The third-order valence-electron chi connectivity index (χ3n) is 2.53. The van der Waals surface area contributed by atoms with Crippen molar-refractivity contribution in [3.63, 3.8) is 0 Å². The van der Waals surface area contributed by atoms with Gasteiger partial charge in [0.2, 0.25) is 10.0 Å². The monoisotopic (exact) mass is 303 g/mol. The van der Waals surface area contributed by atoms with Crippen molar-refractivity contribution >= 4 is 16.0 Å². The summed E-state index contributed by atoms with van der Waals surface area (Å²) in [5.74, 6) is -0.777. The Balaban J connectivity index is 3.25. The number of nitrogens with one attached hydrogen (secondary N) is 1. The van der Waals surface area contributed by atoms with E-state index in [1.165, 1.54) is 32.2 Å². The summed E-state index contributed by atoms with van der Waals surface area (Å²) in [5.41, 5.74) is 0.120. The number of aliphatic hydroxyl groups excluding tert-OH is 1. The van der Waals surface area contributed by atoms with Gasteiger partial charge in [0.1, 0.15) is 5.75 Å². The maximum absolute atomic E-state index is 12.1. The van der Waals surface area contributed by atoms with Crippen molar-refractivity contribution in [1.82, 2.24) is 4.72 Å². The third-order valence-corrected chi connectivity index (χ3v) is 4.22. The maximum Gasteiger partial charge on any atom is 0.307 e. The second-order valence-electron chi connectivity index (χ2n) is 4.25. The normalized spacial score (nSPS) is 12.9. The number of methoxy groups -OCH3 is 1. The van der Waals surface area contributed by atoms with Crippen LogP contribution in [0.25, 0.3) is 0 Å². The average molecular weight is 303 g/mol. The number of rotatable bonds is 7. The Bertz CT molecular complexity index is 584. The molecule has 1 aromatic rings. The van der Waals surface area contributed by atoms with Crippen LogP contribution in [0.15, 0.2) is 23.1 Å². The second kappa shape index (κ2) is 6.69. The number of benzene rings is 1. The van der Waals surface area contributed by atoms with Crippen molar-refractivity contribution in [2.45, 2.75) is 24.3 Å². The molecule has 0 spiro atoms. The Hall–Kier alpha value is -1.64. The van der Waals surface area contributed by atoms with Crippen LogP contribution in [-0.2, 0) is 21.2 Å². The van der Waals surface area contributed by atoms with Crippen LogP contribution in [0, 0.1) is 0 Å². The van der Waals surface area contributed by atoms with E-state index in [1.54, 1.807) is 0 Å². The molecule has 0 aliphatic carbocycles. The molecule has 0 fully saturated rings. The summed E-state index contributed by atoms with van der Waals surface area (Å²) >= 11 is 0. The van der Waals surface area contributed by atoms with E-state index in [4.69, 9.17) is 14.9 Å². The fourth-order valence-electron chi connectivity index (χ4n) is 1.61. The molecule has 1 unspecified atom stereocenters. The van der Waals surface area contributed by atoms with E-state index in [0.717, 1.165) is 0 Å². The molecule has 3 N–H and O–H groups in total. The number of sulfonamides is 1. The predicted octanol–water partition coefficient (Wildman–Crippen LogP) is -0.0186. The zero-order valence-corrected chi connectivity index (χ0v) is 12.0. The molecular formula is C12H17NO6S. The Morgan fingerprint density at radius 2 is 2.10 bits per heavy atom. The van der Waals surface area contributed by atoms with Gasteiger partial charge in [-0.2, -0.15) is 0 Å². The van der Waals surface area contributed by atoms with Crippen molar-refractivity contribution in [3.05, 3.63) is 23.8 Å². The lowest BCUT2D eigenvalue weighted by Gasteiger charge is -2.14. The first-order chi connectivity index (χ1) is 9.30. The molecular weight excluding hydrogens is 286 g/mol. The largest absolute Gasteiger partial charge is 0.497 e. The smallest absolute Gasteiger partial charge is 0.307 e. The Kier molecular flexibility index (Phi) is 5.49. The maximum atomic E-state index is 12.1. The van der Waals surface area contributed by atoms with Gasteiger partial charge in [-0.3, -0.25) is 4.79 Å². The van der Waals surface area contributed by atoms with Gasteiger partial charge in [0.05, 0.1) is 25.0 Å². The van der Waals surface area contributed by atoms with Crippen LogP contribution in [-0.4, -0.2) is 44.4 Å².